The average Bonchev–Trinajstić information content (AvgIpc) is 2.57. The van der Waals surface area contributed by atoms with Crippen molar-refractivity contribution in [3.63, 3.8) is 0 Å². The third-order valence-electron chi connectivity index (χ3n) is 2.49. The first kappa shape index (κ1) is 25.5. The molecule has 0 aliphatic rings. The van der Waals surface area contributed by atoms with Gasteiger partial charge in [0.1, 0.15) is 18.0 Å². The molecule has 25 heavy (non-hydrogen) atoms. The number of carbonyl (C=O) groups is 1. The van der Waals surface area contributed by atoms with Gasteiger partial charge in [0.2, 0.25) is 0 Å². The van der Waals surface area contributed by atoms with Crippen molar-refractivity contribution in [2.75, 3.05) is 26.4 Å². The summed E-state index contributed by atoms with van der Waals surface area (Å²) in [5, 5.41) is 2.63. The van der Waals surface area contributed by atoms with E-state index in [1.807, 2.05) is 79.7 Å². The number of alkyl carbamates (subject to hydrolysis) is 1. The lowest BCUT2D eigenvalue weighted by atomic mass is 10.2. The molecule has 1 amide bonds. The standard InChI is InChI=1S/C16H25NO4.2C2H6/c1-13-7-5-6-8-14(13)20-12-11-19-10-9-17-15(18)21-16(2,3)4;2*1-2/h5-8H,9-12H2,1-4H3,(H,17,18);2*1-2H3. The van der Waals surface area contributed by atoms with Crippen LogP contribution in [0.4, 0.5) is 4.79 Å². The molecular weight excluding hydrogens is 318 g/mol. The zero-order valence-electron chi connectivity index (χ0n) is 17.3. The molecule has 1 N–H and O–H groups in total. The maximum Gasteiger partial charge on any atom is 0.407 e. The number of rotatable bonds is 7. The zero-order chi connectivity index (χ0) is 19.7. The quantitative estimate of drug-likeness (QED) is 0.702. The Kier molecular flexibility index (Phi) is 16.1. The maximum atomic E-state index is 11.4. The number of para-hydroxylation sites is 1. The van der Waals surface area contributed by atoms with Gasteiger partial charge < -0.3 is 19.5 Å². The van der Waals surface area contributed by atoms with E-state index in [0.29, 0.717) is 26.4 Å². The van der Waals surface area contributed by atoms with Gasteiger partial charge in [-0.1, -0.05) is 45.9 Å². The molecule has 0 saturated carbocycles. The molecule has 0 spiro atoms. The van der Waals surface area contributed by atoms with E-state index in [1.165, 1.54) is 0 Å². The second-order valence-electron chi connectivity index (χ2n) is 5.65. The highest BCUT2D eigenvalue weighted by molar-refractivity contribution is 5.67. The highest BCUT2D eigenvalue weighted by Crippen LogP contribution is 2.15. The Hall–Kier alpha value is -1.75. The predicted molar refractivity (Wildman–Crippen MR) is 104 cm³/mol. The second kappa shape index (κ2) is 15.8. The van der Waals surface area contributed by atoms with Gasteiger partial charge in [0.15, 0.2) is 0 Å². The van der Waals surface area contributed by atoms with E-state index in [9.17, 15) is 4.79 Å². The highest BCUT2D eigenvalue weighted by Gasteiger charge is 2.15. The van der Waals surface area contributed by atoms with Gasteiger partial charge in [-0.3, -0.25) is 0 Å². The number of hydrogen-bond donors (Lipinski definition) is 1. The van der Waals surface area contributed by atoms with Crippen molar-refractivity contribution in [1.29, 1.82) is 0 Å². The molecule has 1 rings (SSSR count). The molecule has 0 aliphatic carbocycles. The largest absolute Gasteiger partial charge is 0.491 e. The Labute approximate surface area is 154 Å². The normalized spacial score (nSPS) is 9.76. The SMILES string of the molecule is CC.CC.Cc1ccccc1OCCOCCNC(=O)OC(C)(C)C. The van der Waals surface area contributed by atoms with Crippen LogP contribution in [-0.2, 0) is 9.47 Å². The summed E-state index contributed by atoms with van der Waals surface area (Å²) in [6.07, 6.45) is -0.428. The molecule has 1 aromatic carbocycles. The van der Waals surface area contributed by atoms with Crippen molar-refractivity contribution in [2.45, 2.75) is 61.0 Å². The van der Waals surface area contributed by atoms with Gasteiger partial charge in [-0.2, -0.15) is 0 Å². The third-order valence-corrected chi connectivity index (χ3v) is 2.49. The van der Waals surface area contributed by atoms with Crippen LogP contribution in [0.2, 0.25) is 0 Å². The van der Waals surface area contributed by atoms with Crippen LogP contribution < -0.4 is 10.1 Å². The molecule has 0 aliphatic heterocycles. The summed E-state index contributed by atoms with van der Waals surface area (Å²) in [4.78, 5) is 11.4. The van der Waals surface area contributed by atoms with Gasteiger partial charge in [0.25, 0.3) is 0 Å². The van der Waals surface area contributed by atoms with Crippen molar-refractivity contribution in [3.8, 4) is 5.75 Å². The van der Waals surface area contributed by atoms with Gasteiger partial charge >= 0.3 is 6.09 Å². The Balaban J connectivity index is 0. The van der Waals surface area contributed by atoms with E-state index in [4.69, 9.17) is 14.2 Å². The summed E-state index contributed by atoms with van der Waals surface area (Å²) < 4.78 is 16.1. The molecule has 1 aromatic rings. The van der Waals surface area contributed by atoms with Gasteiger partial charge in [0, 0.05) is 6.54 Å². The smallest absolute Gasteiger partial charge is 0.407 e. The fraction of sp³-hybridized carbons (Fsp3) is 0.650. The Bertz CT molecular complexity index is 442. The summed E-state index contributed by atoms with van der Waals surface area (Å²) in [6, 6.07) is 7.84. The van der Waals surface area contributed by atoms with Crippen molar-refractivity contribution in [3.05, 3.63) is 29.8 Å². The van der Waals surface area contributed by atoms with Gasteiger partial charge in [0.05, 0.1) is 13.2 Å². The molecule has 0 fully saturated rings. The van der Waals surface area contributed by atoms with Crippen LogP contribution in [0.15, 0.2) is 24.3 Å². The number of hydrogen-bond acceptors (Lipinski definition) is 4. The van der Waals surface area contributed by atoms with E-state index in [2.05, 4.69) is 5.32 Å². The number of carbonyl (C=O) groups excluding carboxylic acids is 1. The van der Waals surface area contributed by atoms with Gasteiger partial charge in [-0.05, 0) is 39.3 Å². The molecule has 0 saturated heterocycles. The second-order valence-corrected chi connectivity index (χ2v) is 5.65. The van der Waals surface area contributed by atoms with Crippen LogP contribution in [0.5, 0.6) is 5.75 Å². The zero-order valence-corrected chi connectivity index (χ0v) is 17.3. The summed E-state index contributed by atoms with van der Waals surface area (Å²) >= 11 is 0. The molecule has 0 atom stereocenters. The van der Waals surface area contributed by atoms with E-state index < -0.39 is 11.7 Å². The fourth-order valence-corrected chi connectivity index (χ4v) is 1.57. The van der Waals surface area contributed by atoms with Crippen molar-refractivity contribution in [1.82, 2.24) is 5.32 Å². The van der Waals surface area contributed by atoms with Crippen molar-refractivity contribution >= 4 is 6.09 Å². The molecule has 5 nitrogen and oxygen atoms in total. The monoisotopic (exact) mass is 355 g/mol. The van der Waals surface area contributed by atoms with Crippen molar-refractivity contribution < 1.29 is 19.0 Å². The first-order valence-electron chi connectivity index (χ1n) is 9.11. The summed E-state index contributed by atoms with van der Waals surface area (Å²) in [7, 11) is 0. The number of benzene rings is 1. The lowest BCUT2D eigenvalue weighted by molar-refractivity contribution is 0.0488. The first-order valence-corrected chi connectivity index (χ1v) is 9.11. The molecule has 5 heteroatoms. The molecule has 0 unspecified atom stereocenters. The van der Waals surface area contributed by atoms with E-state index in [1.54, 1.807) is 0 Å². The number of nitrogens with one attached hydrogen (secondary N) is 1. The maximum absolute atomic E-state index is 11.4. The Morgan fingerprint density at radius 2 is 1.60 bits per heavy atom. The minimum Gasteiger partial charge on any atom is -0.491 e. The van der Waals surface area contributed by atoms with Crippen LogP contribution in [0.1, 0.15) is 54.0 Å². The number of amides is 1. The van der Waals surface area contributed by atoms with E-state index in [0.717, 1.165) is 11.3 Å². The average molecular weight is 356 g/mol. The lowest BCUT2D eigenvalue weighted by Crippen LogP contribution is -2.34. The minimum absolute atomic E-state index is 0.416. The fourth-order valence-electron chi connectivity index (χ4n) is 1.57. The van der Waals surface area contributed by atoms with Crippen LogP contribution in [-0.4, -0.2) is 38.1 Å². The van der Waals surface area contributed by atoms with Crippen LogP contribution in [0.25, 0.3) is 0 Å². The van der Waals surface area contributed by atoms with Gasteiger partial charge in [-0.15, -0.1) is 0 Å². The third kappa shape index (κ3) is 15.5. The number of ether oxygens (including phenoxy) is 3. The molecule has 0 aromatic heterocycles. The highest BCUT2D eigenvalue weighted by atomic mass is 16.6. The summed E-state index contributed by atoms with van der Waals surface area (Å²) in [5.41, 5.74) is 0.621. The summed E-state index contributed by atoms with van der Waals surface area (Å²) in [6.45, 7) is 17.3. The molecule has 146 valence electrons. The minimum atomic E-state index is -0.480. The lowest BCUT2D eigenvalue weighted by Gasteiger charge is -2.19. The molecule has 0 bridgehead atoms. The van der Waals surface area contributed by atoms with Crippen molar-refractivity contribution in [2.24, 2.45) is 0 Å². The van der Waals surface area contributed by atoms with Crippen LogP contribution >= 0.6 is 0 Å². The van der Waals surface area contributed by atoms with Crippen LogP contribution in [0, 0.1) is 6.92 Å². The molecule has 0 radical (unpaired) electrons. The Morgan fingerprint density at radius 3 is 2.16 bits per heavy atom. The number of aryl methyl sites for hydroxylation is 1. The van der Waals surface area contributed by atoms with Gasteiger partial charge in [-0.25, -0.2) is 4.79 Å². The summed E-state index contributed by atoms with van der Waals surface area (Å²) in [5.74, 6) is 0.868. The topological polar surface area (TPSA) is 56.8 Å². The van der Waals surface area contributed by atoms with Crippen LogP contribution in [0.3, 0.4) is 0 Å². The molecule has 0 heterocycles. The van der Waals surface area contributed by atoms with E-state index in [-0.39, 0.29) is 0 Å². The predicted octanol–water partition coefficient (Wildman–Crippen LogP) is 4.97. The Morgan fingerprint density at radius 1 is 1.00 bits per heavy atom. The van der Waals surface area contributed by atoms with E-state index >= 15 is 0 Å². The molecular formula is C20H37NO4. The first-order chi connectivity index (χ1) is 11.9.